The van der Waals surface area contributed by atoms with Crippen molar-refractivity contribution in [2.45, 2.75) is 128 Å². The standard InChI is InChI=1S/C30H50O3S/c1-6-14-30(33,15-7-2)17-18-34-22(4)26-12-13-27-23(9-8-16-29(26,27)5)10-11-24-19-25(31)20-28(32)21(24)3/h10-11,22,25-28,31-33H,3,6-9,12-20H2,1-2,4-5H3/b23-10+,24-11+/t22-,25-,26-,27+,28+,29-/m1/s1. The van der Waals surface area contributed by atoms with Crippen LogP contribution in [-0.2, 0) is 0 Å². The molecule has 3 rings (SSSR count). The molecule has 0 bridgehead atoms. The molecule has 0 radical (unpaired) electrons. The fourth-order valence-electron chi connectivity index (χ4n) is 7.37. The zero-order valence-corrected chi connectivity index (χ0v) is 23.0. The van der Waals surface area contributed by atoms with Crippen molar-refractivity contribution in [1.29, 1.82) is 0 Å². The van der Waals surface area contributed by atoms with Crippen molar-refractivity contribution in [1.82, 2.24) is 0 Å². The largest absolute Gasteiger partial charge is 0.393 e. The molecule has 0 aliphatic heterocycles. The lowest BCUT2D eigenvalue weighted by molar-refractivity contribution is 0.0187. The fourth-order valence-corrected chi connectivity index (χ4v) is 8.92. The smallest absolute Gasteiger partial charge is 0.0811 e. The van der Waals surface area contributed by atoms with E-state index in [0.717, 1.165) is 61.3 Å². The molecule has 0 saturated heterocycles. The van der Waals surface area contributed by atoms with Crippen molar-refractivity contribution < 1.29 is 15.3 Å². The van der Waals surface area contributed by atoms with Crippen LogP contribution in [0.15, 0.2) is 35.5 Å². The molecule has 0 aromatic carbocycles. The van der Waals surface area contributed by atoms with Crippen molar-refractivity contribution in [2.24, 2.45) is 17.3 Å². The van der Waals surface area contributed by atoms with Crippen LogP contribution in [0, 0.1) is 17.3 Å². The highest BCUT2D eigenvalue weighted by atomic mass is 32.2. The van der Waals surface area contributed by atoms with Gasteiger partial charge in [0, 0.05) is 11.7 Å². The average molecular weight is 491 g/mol. The van der Waals surface area contributed by atoms with Gasteiger partial charge in [-0.05, 0) is 91.9 Å². The van der Waals surface area contributed by atoms with E-state index in [0.29, 0.717) is 29.4 Å². The van der Waals surface area contributed by atoms with Crippen LogP contribution in [0.4, 0.5) is 0 Å². The lowest BCUT2D eigenvalue weighted by atomic mass is 9.63. The Hall–Kier alpha value is -0.550. The molecule has 4 heteroatoms. The highest BCUT2D eigenvalue weighted by Crippen LogP contribution is 2.59. The predicted molar refractivity (Wildman–Crippen MR) is 146 cm³/mol. The van der Waals surface area contributed by atoms with Gasteiger partial charge in [-0.1, -0.05) is 64.8 Å². The molecular weight excluding hydrogens is 440 g/mol. The van der Waals surface area contributed by atoms with E-state index in [4.69, 9.17) is 0 Å². The quantitative estimate of drug-likeness (QED) is 0.309. The van der Waals surface area contributed by atoms with E-state index in [-0.39, 0.29) is 0 Å². The highest BCUT2D eigenvalue weighted by Gasteiger charge is 2.50. The maximum atomic E-state index is 11.0. The first-order valence-corrected chi connectivity index (χ1v) is 15.0. The molecule has 34 heavy (non-hydrogen) atoms. The van der Waals surface area contributed by atoms with Crippen molar-refractivity contribution in [3.05, 3.63) is 35.5 Å². The zero-order valence-electron chi connectivity index (χ0n) is 22.2. The lowest BCUT2D eigenvalue weighted by Crippen LogP contribution is -2.37. The molecule has 0 aromatic rings. The maximum Gasteiger partial charge on any atom is 0.0811 e. The molecule has 3 N–H and O–H groups in total. The summed E-state index contributed by atoms with van der Waals surface area (Å²) in [6.07, 6.45) is 15.5. The molecule has 3 aliphatic carbocycles. The minimum Gasteiger partial charge on any atom is -0.393 e. The monoisotopic (exact) mass is 490 g/mol. The van der Waals surface area contributed by atoms with E-state index in [9.17, 15) is 15.3 Å². The van der Waals surface area contributed by atoms with Crippen molar-refractivity contribution >= 4 is 11.8 Å². The molecule has 0 aromatic heterocycles. The molecule has 0 heterocycles. The molecule has 3 nitrogen and oxygen atoms in total. The number of thioether (sulfide) groups is 1. The Morgan fingerprint density at radius 1 is 1.15 bits per heavy atom. The predicted octanol–water partition coefficient (Wildman–Crippen LogP) is 6.97. The summed E-state index contributed by atoms with van der Waals surface area (Å²) in [5.74, 6) is 2.41. The Labute approximate surface area is 213 Å². The van der Waals surface area contributed by atoms with Gasteiger partial charge in [-0.15, -0.1) is 0 Å². The molecule has 3 aliphatic rings. The van der Waals surface area contributed by atoms with Crippen LogP contribution >= 0.6 is 11.8 Å². The van der Waals surface area contributed by atoms with Gasteiger partial charge in [0.15, 0.2) is 0 Å². The minimum absolute atomic E-state index is 0.348. The Bertz CT molecular complexity index is 750. The van der Waals surface area contributed by atoms with E-state index >= 15 is 0 Å². The molecular formula is C30H50O3S. The van der Waals surface area contributed by atoms with Gasteiger partial charge in [0.25, 0.3) is 0 Å². The number of hydrogen-bond acceptors (Lipinski definition) is 4. The number of hydrogen-bond donors (Lipinski definition) is 3. The van der Waals surface area contributed by atoms with Crippen molar-refractivity contribution in [3.8, 4) is 0 Å². The summed E-state index contributed by atoms with van der Waals surface area (Å²) in [7, 11) is 0. The number of aliphatic hydroxyl groups excluding tert-OH is 2. The lowest BCUT2D eigenvalue weighted by Gasteiger charge is -2.44. The average Bonchev–Trinajstić information content (AvgIpc) is 3.13. The van der Waals surface area contributed by atoms with E-state index in [1.807, 2.05) is 0 Å². The molecule has 0 unspecified atom stereocenters. The molecule has 194 valence electrons. The molecule has 3 fully saturated rings. The Kier molecular flexibility index (Phi) is 10.00. The number of fused-ring (bicyclic) bond motifs is 1. The summed E-state index contributed by atoms with van der Waals surface area (Å²) in [5.41, 5.74) is 3.22. The second kappa shape index (κ2) is 12.1. The third-order valence-corrected chi connectivity index (χ3v) is 10.5. The summed E-state index contributed by atoms with van der Waals surface area (Å²) < 4.78 is 0. The van der Waals surface area contributed by atoms with Crippen LogP contribution in [-0.4, -0.2) is 44.1 Å². The van der Waals surface area contributed by atoms with Gasteiger partial charge in [0.1, 0.15) is 0 Å². The second-order valence-electron chi connectivity index (χ2n) is 11.7. The minimum atomic E-state index is -0.619. The van der Waals surface area contributed by atoms with Gasteiger partial charge in [-0.3, -0.25) is 0 Å². The maximum absolute atomic E-state index is 11.0. The fraction of sp³-hybridized carbons (Fsp3) is 0.800. The second-order valence-corrected chi connectivity index (χ2v) is 13.2. The normalized spacial score (nSPS) is 35.7. The summed E-state index contributed by atoms with van der Waals surface area (Å²) in [4.78, 5) is 0. The topological polar surface area (TPSA) is 60.7 Å². The third-order valence-electron chi connectivity index (χ3n) is 9.25. The van der Waals surface area contributed by atoms with Crippen LogP contribution in [0.25, 0.3) is 0 Å². The SMILES string of the molecule is C=C1/C(=C/C=C2\CCC[C@]3(C)[C@@H]([C@@H](C)SCCC(O)(CCC)CCC)CC[C@@H]23)C[C@@H](O)C[C@@H]1O. The summed E-state index contributed by atoms with van der Waals surface area (Å²) in [6.45, 7) is 13.4. The van der Waals surface area contributed by atoms with E-state index < -0.39 is 17.8 Å². The van der Waals surface area contributed by atoms with Crippen LogP contribution in [0.2, 0.25) is 0 Å². The number of aliphatic hydroxyl groups is 3. The Morgan fingerprint density at radius 2 is 1.85 bits per heavy atom. The van der Waals surface area contributed by atoms with Gasteiger partial charge in [-0.2, -0.15) is 11.8 Å². The van der Waals surface area contributed by atoms with Crippen LogP contribution < -0.4 is 0 Å². The van der Waals surface area contributed by atoms with Gasteiger partial charge in [-0.25, -0.2) is 0 Å². The first-order chi connectivity index (χ1) is 16.1. The first kappa shape index (κ1) is 28.0. The number of rotatable bonds is 10. The Balaban J connectivity index is 1.65. The van der Waals surface area contributed by atoms with E-state index in [2.05, 4.69) is 58.2 Å². The summed E-state index contributed by atoms with van der Waals surface area (Å²) in [5, 5.41) is 31.9. The van der Waals surface area contributed by atoms with Crippen molar-refractivity contribution in [3.63, 3.8) is 0 Å². The Morgan fingerprint density at radius 3 is 2.53 bits per heavy atom. The summed E-state index contributed by atoms with van der Waals surface area (Å²) in [6, 6.07) is 0. The van der Waals surface area contributed by atoms with E-state index in [1.54, 1.807) is 5.57 Å². The highest BCUT2D eigenvalue weighted by molar-refractivity contribution is 7.99. The van der Waals surface area contributed by atoms with Gasteiger partial charge < -0.3 is 15.3 Å². The van der Waals surface area contributed by atoms with Crippen molar-refractivity contribution in [2.75, 3.05) is 5.75 Å². The zero-order chi connectivity index (χ0) is 24.9. The van der Waals surface area contributed by atoms with Gasteiger partial charge in [0.05, 0.1) is 17.8 Å². The molecule has 0 spiro atoms. The summed E-state index contributed by atoms with van der Waals surface area (Å²) >= 11 is 2.09. The molecule has 3 saturated carbocycles. The first-order valence-electron chi connectivity index (χ1n) is 13.9. The van der Waals surface area contributed by atoms with Gasteiger partial charge in [0.2, 0.25) is 0 Å². The molecule has 6 atom stereocenters. The third kappa shape index (κ3) is 6.41. The van der Waals surface area contributed by atoms with E-state index in [1.165, 1.54) is 25.7 Å². The van der Waals surface area contributed by atoms with Crippen LogP contribution in [0.3, 0.4) is 0 Å². The molecule has 0 amide bonds. The van der Waals surface area contributed by atoms with Crippen LogP contribution in [0.5, 0.6) is 0 Å². The van der Waals surface area contributed by atoms with Crippen LogP contribution in [0.1, 0.15) is 105 Å². The van der Waals surface area contributed by atoms with Gasteiger partial charge >= 0.3 is 0 Å². The number of allylic oxidation sites excluding steroid dienone is 3.